The first-order chi connectivity index (χ1) is 9.83. The smallest absolute Gasteiger partial charge is 0.283 e. The lowest BCUT2D eigenvalue weighted by atomic mass is 9.96. The molecule has 4 heteroatoms. The Morgan fingerprint density at radius 2 is 1.85 bits per heavy atom. The van der Waals surface area contributed by atoms with Gasteiger partial charge < -0.3 is 0 Å². The Kier molecular flexibility index (Phi) is 3.92. The molecule has 0 spiro atoms. The van der Waals surface area contributed by atoms with Crippen molar-refractivity contribution in [2.75, 3.05) is 0 Å². The van der Waals surface area contributed by atoms with E-state index in [-0.39, 0.29) is 5.91 Å². The number of amides is 1. The number of hydrogen-bond donors (Lipinski definition) is 2. The summed E-state index contributed by atoms with van der Waals surface area (Å²) in [5, 5.41) is 1.05. The highest BCUT2D eigenvalue weighted by Gasteiger charge is 2.14. The maximum atomic E-state index is 12.1. The van der Waals surface area contributed by atoms with Crippen molar-refractivity contribution in [1.29, 1.82) is 0 Å². The molecule has 0 radical (unpaired) electrons. The minimum atomic E-state index is -0.165. The van der Waals surface area contributed by atoms with E-state index in [4.69, 9.17) is 0 Å². The molecule has 1 amide bonds. The Bertz CT molecular complexity index is 605. The molecule has 1 aliphatic carbocycles. The predicted octanol–water partition coefficient (Wildman–Crippen LogP) is 2.80. The molecule has 0 bridgehead atoms. The summed E-state index contributed by atoms with van der Waals surface area (Å²) in [7, 11) is 0. The zero-order chi connectivity index (χ0) is 13.8. The molecule has 4 nitrogen and oxygen atoms in total. The Balaban J connectivity index is 1.65. The van der Waals surface area contributed by atoms with Gasteiger partial charge in [0.1, 0.15) is 5.69 Å². The predicted molar refractivity (Wildman–Crippen MR) is 79.2 cm³/mol. The number of aromatic nitrogens is 1. The Morgan fingerprint density at radius 1 is 1.05 bits per heavy atom. The number of para-hydroxylation sites is 1. The van der Waals surface area contributed by atoms with Crippen molar-refractivity contribution < 1.29 is 4.79 Å². The van der Waals surface area contributed by atoms with Gasteiger partial charge in [-0.2, -0.15) is 0 Å². The topological polar surface area (TPSA) is 54.0 Å². The summed E-state index contributed by atoms with van der Waals surface area (Å²) in [6.07, 6.45) is 6.04. The lowest BCUT2D eigenvalue weighted by Gasteiger charge is -2.22. The third-order valence-corrected chi connectivity index (χ3v) is 3.83. The van der Waals surface area contributed by atoms with Gasteiger partial charge in [-0.05, 0) is 25.0 Å². The van der Waals surface area contributed by atoms with Gasteiger partial charge >= 0.3 is 0 Å². The van der Waals surface area contributed by atoms with E-state index in [1.165, 1.54) is 19.3 Å². The number of carbonyl (C=O) groups is 1. The molecule has 20 heavy (non-hydrogen) atoms. The molecule has 2 aromatic rings. The standard InChI is InChI=1S/C16H19N3O/c20-16(19-18-13-7-2-1-3-8-13)15-11-10-12-6-4-5-9-14(12)17-15/h4-6,9-11,13,18H,1-3,7-8H2,(H,19,20). The van der Waals surface area contributed by atoms with Gasteiger partial charge in [0, 0.05) is 11.4 Å². The third-order valence-electron chi connectivity index (χ3n) is 3.83. The van der Waals surface area contributed by atoms with Crippen LogP contribution in [0.1, 0.15) is 42.6 Å². The maximum Gasteiger partial charge on any atom is 0.283 e. The number of nitrogens with one attached hydrogen (secondary N) is 2. The van der Waals surface area contributed by atoms with E-state index in [2.05, 4.69) is 15.8 Å². The van der Waals surface area contributed by atoms with E-state index in [1.807, 2.05) is 30.3 Å². The SMILES string of the molecule is O=C(NNC1CCCCC1)c1ccc2ccccc2n1. The molecule has 1 aliphatic rings. The highest BCUT2D eigenvalue weighted by molar-refractivity contribution is 5.94. The normalized spacial score (nSPS) is 16.2. The molecule has 104 valence electrons. The molecule has 2 N–H and O–H groups in total. The lowest BCUT2D eigenvalue weighted by Crippen LogP contribution is -2.45. The summed E-state index contributed by atoms with van der Waals surface area (Å²) in [6.45, 7) is 0. The van der Waals surface area contributed by atoms with Crippen LogP contribution in [0.4, 0.5) is 0 Å². The van der Waals surface area contributed by atoms with Crippen LogP contribution in [-0.4, -0.2) is 16.9 Å². The summed E-state index contributed by atoms with van der Waals surface area (Å²) in [5.41, 5.74) is 7.21. The fraction of sp³-hybridized carbons (Fsp3) is 0.375. The molecule has 0 saturated heterocycles. The van der Waals surface area contributed by atoms with Gasteiger partial charge in [-0.3, -0.25) is 10.2 Å². The van der Waals surface area contributed by atoms with Crippen molar-refractivity contribution in [2.45, 2.75) is 38.1 Å². The van der Waals surface area contributed by atoms with Crippen molar-refractivity contribution in [3.05, 3.63) is 42.1 Å². The van der Waals surface area contributed by atoms with Gasteiger partial charge in [-0.1, -0.05) is 43.5 Å². The van der Waals surface area contributed by atoms with Gasteiger partial charge in [0.15, 0.2) is 0 Å². The van der Waals surface area contributed by atoms with Crippen LogP contribution in [0.25, 0.3) is 10.9 Å². The summed E-state index contributed by atoms with van der Waals surface area (Å²) in [5.74, 6) is -0.165. The van der Waals surface area contributed by atoms with E-state index in [1.54, 1.807) is 6.07 Å². The second-order valence-corrected chi connectivity index (χ2v) is 5.32. The minimum absolute atomic E-state index is 0.165. The van der Waals surface area contributed by atoms with Crippen LogP contribution in [0, 0.1) is 0 Å². The highest BCUT2D eigenvalue weighted by Crippen LogP contribution is 2.17. The van der Waals surface area contributed by atoms with Gasteiger partial charge in [0.2, 0.25) is 0 Å². The number of fused-ring (bicyclic) bond motifs is 1. The number of carbonyl (C=O) groups excluding carboxylic acids is 1. The maximum absolute atomic E-state index is 12.1. The van der Waals surface area contributed by atoms with Crippen LogP contribution in [0.2, 0.25) is 0 Å². The van der Waals surface area contributed by atoms with Crippen molar-refractivity contribution in [3.8, 4) is 0 Å². The van der Waals surface area contributed by atoms with Crippen LogP contribution in [-0.2, 0) is 0 Å². The van der Waals surface area contributed by atoms with Crippen LogP contribution in [0.15, 0.2) is 36.4 Å². The van der Waals surface area contributed by atoms with E-state index in [9.17, 15) is 4.79 Å². The summed E-state index contributed by atoms with van der Waals surface area (Å²) >= 11 is 0. The van der Waals surface area contributed by atoms with E-state index in [0.29, 0.717) is 11.7 Å². The number of nitrogens with zero attached hydrogens (tertiary/aromatic N) is 1. The first kappa shape index (κ1) is 13.1. The van der Waals surface area contributed by atoms with E-state index >= 15 is 0 Å². The average molecular weight is 269 g/mol. The molecule has 3 rings (SSSR count). The van der Waals surface area contributed by atoms with E-state index < -0.39 is 0 Å². The molecule has 1 fully saturated rings. The molecule has 0 unspecified atom stereocenters. The van der Waals surface area contributed by atoms with Gasteiger partial charge in [-0.15, -0.1) is 0 Å². The van der Waals surface area contributed by atoms with Crippen molar-refractivity contribution in [3.63, 3.8) is 0 Å². The van der Waals surface area contributed by atoms with Crippen LogP contribution in [0.5, 0.6) is 0 Å². The second kappa shape index (κ2) is 6.01. The lowest BCUT2D eigenvalue weighted by molar-refractivity contribution is 0.0915. The van der Waals surface area contributed by atoms with Crippen molar-refractivity contribution >= 4 is 16.8 Å². The van der Waals surface area contributed by atoms with Crippen molar-refractivity contribution in [1.82, 2.24) is 15.8 Å². The van der Waals surface area contributed by atoms with Crippen LogP contribution in [0.3, 0.4) is 0 Å². The molecule has 1 saturated carbocycles. The fourth-order valence-electron chi connectivity index (χ4n) is 2.67. The summed E-state index contributed by atoms with van der Waals surface area (Å²) < 4.78 is 0. The molecule has 0 atom stereocenters. The van der Waals surface area contributed by atoms with Gasteiger partial charge in [0.05, 0.1) is 5.52 Å². The fourth-order valence-corrected chi connectivity index (χ4v) is 2.67. The van der Waals surface area contributed by atoms with Crippen LogP contribution < -0.4 is 10.9 Å². The number of benzene rings is 1. The molecule has 1 heterocycles. The monoisotopic (exact) mass is 269 g/mol. The van der Waals surface area contributed by atoms with Crippen LogP contribution >= 0.6 is 0 Å². The zero-order valence-electron chi connectivity index (χ0n) is 11.4. The number of hydrogen-bond acceptors (Lipinski definition) is 3. The Hall–Kier alpha value is -1.94. The minimum Gasteiger partial charge on any atom is -0.286 e. The quantitative estimate of drug-likeness (QED) is 0.842. The Morgan fingerprint density at radius 3 is 2.70 bits per heavy atom. The largest absolute Gasteiger partial charge is 0.286 e. The first-order valence-electron chi connectivity index (χ1n) is 7.24. The summed E-state index contributed by atoms with van der Waals surface area (Å²) in [4.78, 5) is 16.5. The highest BCUT2D eigenvalue weighted by atomic mass is 16.2. The second-order valence-electron chi connectivity index (χ2n) is 5.32. The zero-order valence-corrected chi connectivity index (χ0v) is 11.4. The van der Waals surface area contributed by atoms with E-state index in [0.717, 1.165) is 23.7 Å². The summed E-state index contributed by atoms with van der Waals surface area (Å²) in [6, 6.07) is 11.9. The molecular formula is C16H19N3O. The van der Waals surface area contributed by atoms with Gasteiger partial charge in [-0.25, -0.2) is 10.4 Å². The molecular weight excluding hydrogens is 250 g/mol. The Labute approximate surface area is 118 Å². The average Bonchev–Trinajstić information content (AvgIpc) is 2.53. The number of pyridine rings is 1. The molecule has 1 aromatic carbocycles. The van der Waals surface area contributed by atoms with Crippen molar-refractivity contribution in [2.24, 2.45) is 0 Å². The molecule has 0 aliphatic heterocycles. The first-order valence-corrected chi connectivity index (χ1v) is 7.24. The number of hydrazine groups is 1. The molecule has 1 aromatic heterocycles. The number of rotatable bonds is 3. The van der Waals surface area contributed by atoms with Gasteiger partial charge in [0.25, 0.3) is 5.91 Å². The third kappa shape index (κ3) is 2.96.